The quantitative estimate of drug-likeness (QED) is 0.482. The Balaban J connectivity index is 3.31. The highest BCUT2D eigenvalue weighted by Crippen LogP contribution is 2.13. The molecule has 0 bridgehead atoms. The van der Waals surface area contributed by atoms with Crippen LogP contribution in [0.1, 0.15) is 5.56 Å². The van der Waals surface area contributed by atoms with E-state index in [0.29, 0.717) is 10.9 Å². The zero-order chi connectivity index (χ0) is 10.6. The molecule has 1 aromatic rings. The number of rotatable bonds is 1. The summed E-state index contributed by atoms with van der Waals surface area (Å²) in [5, 5.41) is 0.451. The van der Waals surface area contributed by atoms with E-state index in [9.17, 15) is 8.42 Å². The Morgan fingerprint density at radius 1 is 1.36 bits per heavy atom. The molecule has 0 unspecified atom stereocenters. The van der Waals surface area contributed by atoms with Crippen molar-refractivity contribution in [2.24, 2.45) is 0 Å². The monoisotopic (exact) mass is 274 g/mol. The van der Waals surface area contributed by atoms with Crippen molar-refractivity contribution in [1.82, 2.24) is 0 Å². The van der Waals surface area contributed by atoms with Gasteiger partial charge in [0.15, 0.2) is 0 Å². The minimum absolute atomic E-state index is 0.159. The van der Waals surface area contributed by atoms with Gasteiger partial charge in [-0.15, -0.1) is 0 Å². The van der Waals surface area contributed by atoms with Gasteiger partial charge in [0.25, 0.3) is 10.1 Å². The average Bonchev–Trinajstić information content (AvgIpc) is 2.14. The zero-order valence-corrected chi connectivity index (χ0v) is 9.47. The van der Waals surface area contributed by atoms with Crippen LogP contribution in [0.25, 0.3) is 0 Å². The van der Waals surface area contributed by atoms with Crippen LogP contribution in [-0.4, -0.2) is 18.3 Å². The fraction of sp³-hybridized carbons (Fsp3) is 0.111. The van der Waals surface area contributed by atoms with E-state index in [1.165, 1.54) is 12.1 Å². The van der Waals surface area contributed by atoms with Gasteiger partial charge in [0, 0.05) is 5.56 Å². The van der Waals surface area contributed by atoms with Gasteiger partial charge in [0.05, 0.1) is 5.33 Å². The predicted molar refractivity (Wildman–Crippen MR) is 56.9 cm³/mol. The van der Waals surface area contributed by atoms with Crippen molar-refractivity contribution in [1.29, 1.82) is 0 Å². The molecule has 0 saturated heterocycles. The Bertz CT molecular complexity index is 482. The van der Waals surface area contributed by atoms with Crippen LogP contribution in [0.3, 0.4) is 0 Å². The van der Waals surface area contributed by atoms with Crippen LogP contribution < -0.4 is 0 Å². The van der Waals surface area contributed by atoms with Crippen LogP contribution in [0, 0.1) is 11.8 Å². The first-order valence-corrected chi connectivity index (χ1v) is 6.23. The molecule has 0 fully saturated rings. The second kappa shape index (κ2) is 4.60. The molecule has 0 amide bonds. The standard InChI is InChI=1S/C9H7BrO3S/c10-7-3-5-8-4-1-2-6-9(8)14(11,12)13/h1-2,4,6H,7H2,(H,11,12,13). The zero-order valence-electron chi connectivity index (χ0n) is 7.07. The van der Waals surface area contributed by atoms with Crippen LogP contribution in [-0.2, 0) is 10.1 Å². The number of hydrogen-bond donors (Lipinski definition) is 1. The van der Waals surface area contributed by atoms with Gasteiger partial charge in [-0.2, -0.15) is 8.42 Å². The molecule has 0 spiro atoms. The first-order chi connectivity index (χ1) is 6.55. The van der Waals surface area contributed by atoms with Gasteiger partial charge >= 0.3 is 0 Å². The lowest BCUT2D eigenvalue weighted by Crippen LogP contribution is -2.00. The van der Waals surface area contributed by atoms with Crippen molar-refractivity contribution in [3.05, 3.63) is 29.8 Å². The van der Waals surface area contributed by atoms with Crippen molar-refractivity contribution in [2.45, 2.75) is 4.90 Å². The third kappa shape index (κ3) is 2.84. The summed E-state index contributed by atoms with van der Waals surface area (Å²) in [4.78, 5) is -0.159. The lowest BCUT2D eigenvalue weighted by atomic mass is 10.2. The molecule has 1 aromatic carbocycles. The summed E-state index contributed by atoms with van der Waals surface area (Å²) in [6, 6.07) is 6.04. The Labute approximate surface area is 91.0 Å². The highest BCUT2D eigenvalue weighted by atomic mass is 79.9. The highest BCUT2D eigenvalue weighted by Gasteiger charge is 2.12. The van der Waals surface area contributed by atoms with Crippen molar-refractivity contribution in [3.8, 4) is 11.8 Å². The molecule has 0 aliphatic heterocycles. The third-order valence-electron chi connectivity index (χ3n) is 1.45. The molecule has 0 radical (unpaired) electrons. The summed E-state index contributed by atoms with van der Waals surface area (Å²) < 4.78 is 30.6. The molecule has 0 heterocycles. The fourth-order valence-electron chi connectivity index (χ4n) is 0.923. The lowest BCUT2D eigenvalue weighted by Gasteiger charge is -1.98. The minimum atomic E-state index is -4.18. The summed E-state index contributed by atoms with van der Waals surface area (Å²) in [7, 11) is -4.18. The molecular formula is C9H7BrO3S. The molecule has 0 aromatic heterocycles. The van der Waals surface area contributed by atoms with Crippen molar-refractivity contribution in [2.75, 3.05) is 5.33 Å². The molecule has 14 heavy (non-hydrogen) atoms. The molecule has 0 atom stereocenters. The van der Waals surface area contributed by atoms with Gasteiger partial charge < -0.3 is 0 Å². The van der Waals surface area contributed by atoms with E-state index in [1.807, 2.05) is 0 Å². The number of alkyl halides is 1. The summed E-state index contributed by atoms with van der Waals surface area (Å²) in [5.41, 5.74) is 0.300. The largest absolute Gasteiger partial charge is 0.295 e. The SMILES string of the molecule is O=S(=O)(O)c1ccccc1C#CCBr. The van der Waals surface area contributed by atoms with Gasteiger partial charge in [0.2, 0.25) is 0 Å². The van der Waals surface area contributed by atoms with Crippen LogP contribution in [0.4, 0.5) is 0 Å². The summed E-state index contributed by atoms with van der Waals surface area (Å²) in [6.07, 6.45) is 0. The van der Waals surface area contributed by atoms with E-state index in [-0.39, 0.29) is 4.90 Å². The summed E-state index contributed by atoms with van der Waals surface area (Å²) >= 11 is 3.10. The Hall–Kier alpha value is -0.830. The van der Waals surface area contributed by atoms with Gasteiger partial charge in [-0.05, 0) is 12.1 Å². The van der Waals surface area contributed by atoms with Gasteiger partial charge in [-0.3, -0.25) is 4.55 Å². The summed E-state index contributed by atoms with van der Waals surface area (Å²) in [6.45, 7) is 0. The van der Waals surface area contributed by atoms with Crippen LogP contribution >= 0.6 is 15.9 Å². The van der Waals surface area contributed by atoms with E-state index in [1.54, 1.807) is 12.1 Å². The van der Waals surface area contributed by atoms with Gasteiger partial charge in [0.1, 0.15) is 4.90 Å². The molecule has 1 rings (SSSR count). The number of benzene rings is 1. The molecule has 5 heteroatoms. The normalized spacial score (nSPS) is 10.4. The average molecular weight is 275 g/mol. The predicted octanol–water partition coefficient (Wildman–Crippen LogP) is 1.68. The first kappa shape index (κ1) is 11.2. The molecule has 0 saturated carbocycles. The molecule has 1 N–H and O–H groups in total. The molecule has 3 nitrogen and oxygen atoms in total. The Morgan fingerprint density at radius 3 is 2.57 bits per heavy atom. The second-order valence-electron chi connectivity index (χ2n) is 2.41. The minimum Gasteiger partial charge on any atom is -0.282 e. The maximum atomic E-state index is 10.9. The molecule has 0 aliphatic carbocycles. The van der Waals surface area contributed by atoms with E-state index in [0.717, 1.165) is 0 Å². The Morgan fingerprint density at radius 2 is 2.00 bits per heavy atom. The number of hydrogen-bond acceptors (Lipinski definition) is 2. The highest BCUT2D eigenvalue weighted by molar-refractivity contribution is 9.09. The van der Waals surface area contributed by atoms with E-state index in [4.69, 9.17) is 4.55 Å². The van der Waals surface area contributed by atoms with Crippen molar-refractivity contribution in [3.63, 3.8) is 0 Å². The maximum Gasteiger partial charge on any atom is 0.295 e. The lowest BCUT2D eigenvalue weighted by molar-refractivity contribution is 0.483. The van der Waals surface area contributed by atoms with Gasteiger partial charge in [-0.1, -0.05) is 39.9 Å². The topological polar surface area (TPSA) is 54.4 Å². The summed E-state index contributed by atoms with van der Waals surface area (Å²) in [5.74, 6) is 5.30. The maximum absolute atomic E-state index is 10.9. The smallest absolute Gasteiger partial charge is 0.282 e. The molecule has 0 aliphatic rings. The van der Waals surface area contributed by atoms with Crippen molar-refractivity contribution < 1.29 is 13.0 Å². The Kier molecular flexibility index (Phi) is 3.69. The van der Waals surface area contributed by atoms with E-state index in [2.05, 4.69) is 27.8 Å². The third-order valence-corrected chi connectivity index (χ3v) is 2.65. The second-order valence-corrected chi connectivity index (χ2v) is 4.36. The van der Waals surface area contributed by atoms with Crippen LogP contribution in [0.15, 0.2) is 29.2 Å². The fourth-order valence-corrected chi connectivity index (χ4v) is 1.71. The first-order valence-electron chi connectivity index (χ1n) is 3.67. The van der Waals surface area contributed by atoms with Crippen LogP contribution in [0.5, 0.6) is 0 Å². The van der Waals surface area contributed by atoms with E-state index >= 15 is 0 Å². The molecular weight excluding hydrogens is 268 g/mol. The van der Waals surface area contributed by atoms with Crippen molar-refractivity contribution >= 4 is 26.0 Å². The van der Waals surface area contributed by atoms with Crippen LogP contribution in [0.2, 0.25) is 0 Å². The van der Waals surface area contributed by atoms with Gasteiger partial charge in [-0.25, -0.2) is 0 Å². The van der Waals surface area contributed by atoms with E-state index < -0.39 is 10.1 Å². The molecule has 74 valence electrons. The number of halogens is 1.